The van der Waals surface area contributed by atoms with E-state index >= 15 is 0 Å². The number of hydrogen-bond acceptors (Lipinski definition) is 3. The Kier molecular flexibility index (Phi) is 4.70. The van der Waals surface area contributed by atoms with Crippen LogP contribution in [0.15, 0.2) is 23.1 Å². The number of hydrogen-bond donors (Lipinski definition) is 2. The van der Waals surface area contributed by atoms with Gasteiger partial charge in [-0.25, -0.2) is 17.5 Å². The first kappa shape index (κ1) is 16.4. The molecule has 1 fully saturated rings. The summed E-state index contributed by atoms with van der Waals surface area (Å²) in [6, 6.07) is 3.85. The average molecular weight is 314 g/mol. The molecule has 1 aliphatic carbocycles. The molecule has 0 spiro atoms. The van der Waals surface area contributed by atoms with Gasteiger partial charge in [-0.2, -0.15) is 0 Å². The smallest absolute Gasteiger partial charge is 0.243 e. The van der Waals surface area contributed by atoms with Crippen LogP contribution in [-0.4, -0.2) is 14.5 Å². The van der Waals surface area contributed by atoms with Crippen molar-refractivity contribution < 1.29 is 12.8 Å². The Morgan fingerprint density at radius 2 is 2.10 bits per heavy atom. The van der Waals surface area contributed by atoms with Gasteiger partial charge in [0, 0.05) is 12.6 Å². The van der Waals surface area contributed by atoms with Crippen LogP contribution >= 0.6 is 0 Å². The Morgan fingerprint density at radius 3 is 2.67 bits per heavy atom. The van der Waals surface area contributed by atoms with Gasteiger partial charge in [0.25, 0.3) is 0 Å². The maximum absolute atomic E-state index is 14.0. The highest BCUT2D eigenvalue weighted by Gasteiger charge is 2.35. The summed E-state index contributed by atoms with van der Waals surface area (Å²) in [6.45, 7) is 4.28. The first-order valence-electron chi connectivity index (χ1n) is 7.27. The molecule has 1 unspecified atom stereocenters. The van der Waals surface area contributed by atoms with Crippen LogP contribution < -0.4 is 10.5 Å². The van der Waals surface area contributed by atoms with Crippen molar-refractivity contribution >= 4 is 10.0 Å². The highest BCUT2D eigenvalue weighted by atomic mass is 32.2. The van der Waals surface area contributed by atoms with Gasteiger partial charge in [0.05, 0.1) is 0 Å². The fourth-order valence-electron chi connectivity index (χ4n) is 2.85. The minimum absolute atomic E-state index is 0.112. The first-order valence-corrected chi connectivity index (χ1v) is 8.75. The number of sulfonamides is 1. The van der Waals surface area contributed by atoms with Crippen molar-refractivity contribution in [3.05, 3.63) is 29.6 Å². The molecule has 0 saturated heterocycles. The largest absolute Gasteiger partial charge is 0.326 e. The van der Waals surface area contributed by atoms with Gasteiger partial charge in [-0.3, -0.25) is 0 Å². The molecule has 4 nitrogen and oxygen atoms in total. The molecule has 0 aliphatic heterocycles. The predicted octanol–water partition coefficient (Wildman–Crippen LogP) is 2.53. The summed E-state index contributed by atoms with van der Waals surface area (Å²) in [5.74, 6) is -0.751. The van der Waals surface area contributed by atoms with Gasteiger partial charge in [-0.05, 0) is 36.0 Å². The van der Waals surface area contributed by atoms with E-state index in [-0.39, 0.29) is 22.9 Å². The van der Waals surface area contributed by atoms with Gasteiger partial charge >= 0.3 is 0 Å². The molecule has 1 aromatic carbocycles. The summed E-state index contributed by atoms with van der Waals surface area (Å²) in [5, 5.41) is 0. The number of halogens is 1. The van der Waals surface area contributed by atoms with Crippen molar-refractivity contribution in [3.8, 4) is 0 Å². The number of benzene rings is 1. The lowest BCUT2D eigenvalue weighted by Gasteiger charge is -2.38. The SMILES string of the molecule is CC1(C)CCCCC1NS(=O)(=O)c1ccc(CN)cc1F. The van der Waals surface area contributed by atoms with Gasteiger partial charge in [-0.15, -0.1) is 0 Å². The van der Waals surface area contributed by atoms with E-state index in [1.54, 1.807) is 6.07 Å². The topological polar surface area (TPSA) is 72.2 Å². The summed E-state index contributed by atoms with van der Waals surface area (Å²) in [5.41, 5.74) is 5.89. The molecule has 3 N–H and O–H groups in total. The Hall–Kier alpha value is -0.980. The molecule has 1 saturated carbocycles. The lowest BCUT2D eigenvalue weighted by molar-refractivity contribution is 0.188. The molecule has 1 aliphatic rings. The highest BCUT2D eigenvalue weighted by Crippen LogP contribution is 2.36. The van der Waals surface area contributed by atoms with E-state index in [4.69, 9.17) is 5.73 Å². The van der Waals surface area contributed by atoms with Crippen molar-refractivity contribution in [1.82, 2.24) is 4.72 Å². The maximum Gasteiger partial charge on any atom is 0.243 e. The van der Waals surface area contributed by atoms with E-state index in [0.29, 0.717) is 5.56 Å². The van der Waals surface area contributed by atoms with E-state index in [9.17, 15) is 12.8 Å². The maximum atomic E-state index is 14.0. The fraction of sp³-hybridized carbons (Fsp3) is 0.600. The molecule has 0 heterocycles. The van der Waals surface area contributed by atoms with E-state index in [0.717, 1.165) is 25.7 Å². The summed E-state index contributed by atoms with van der Waals surface area (Å²) in [4.78, 5) is -0.305. The van der Waals surface area contributed by atoms with Gasteiger partial charge < -0.3 is 5.73 Å². The Bertz CT molecular complexity index is 614. The second kappa shape index (κ2) is 6.02. The molecule has 1 aromatic rings. The molecule has 6 heteroatoms. The molecular weight excluding hydrogens is 291 g/mol. The minimum atomic E-state index is -3.85. The van der Waals surface area contributed by atoms with Gasteiger partial charge in [0.15, 0.2) is 0 Å². The second-order valence-electron chi connectivity index (χ2n) is 6.38. The van der Waals surface area contributed by atoms with Crippen LogP contribution in [0, 0.1) is 11.2 Å². The summed E-state index contributed by atoms with van der Waals surface area (Å²) >= 11 is 0. The highest BCUT2D eigenvalue weighted by molar-refractivity contribution is 7.89. The first-order chi connectivity index (χ1) is 9.76. The standard InChI is InChI=1S/C15H23FN2O2S/c1-15(2)8-4-3-5-14(15)18-21(19,20)13-7-6-11(10-17)9-12(13)16/h6-7,9,14,18H,3-5,8,10,17H2,1-2H3. The third kappa shape index (κ3) is 3.62. The normalized spacial score (nSPS) is 22.2. The van der Waals surface area contributed by atoms with Crippen LogP contribution in [0.2, 0.25) is 0 Å². The summed E-state index contributed by atoms with van der Waals surface area (Å²) in [6.07, 6.45) is 3.85. The van der Waals surface area contributed by atoms with E-state index in [1.807, 2.05) is 13.8 Å². The molecule has 21 heavy (non-hydrogen) atoms. The number of nitrogens with two attached hydrogens (primary N) is 1. The van der Waals surface area contributed by atoms with Crippen LogP contribution in [0.4, 0.5) is 4.39 Å². The van der Waals surface area contributed by atoms with Gasteiger partial charge in [0.1, 0.15) is 10.7 Å². The molecule has 0 radical (unpaired) electrons. The zero-order valence-corrected chi connectivity index (χ0v) is 13.3. The van der Waals surface area contributed by atoms with Crippen LogP contribution in [0.3, 0.4) is 0 Å². The van der Waals surface area contributed by atoms with Crippen molar-refractivity contribution in [2.45, 2.75) is 57.0 Å². The minimum Gasteiger partial charge on any atom is -0.326 e. The van der Waals surface area contributed by atoms with Crippen molar-refractivity contribution in [2.24, 2.45) is 11.1 Å². The number of nitrogens with one attached hydrogen (secondary N) is 1. The van der Waals surface area contributed by atoms with Crippen LogP contribution in [-0.2, 0) is 16.6 Å². The Morgan fingerprint density at radius 1 is 1.38 bits per heavy atom. The Labute approximate surface area is 126 Å². The molecule has 0 amide bonds. The average Bonchev–Trinajstić information content (AvgIpc) is 2.40. The molecule has 2 rings (SSSR count). The zero-order valence-electron chi connectivity index (χ0n) is 12.5. The van der Waals surface area contributed by atoms with Gasteiger partial charge in [0.2, 0.25) is 10.0 Å². The lowest BCUT2D eigenvalue weighted by Crippen LogP contribution is -2.46. The third-order valence-corrected chi connectivity index (χ3v) is 5.83. The molecular formula is C15H23FN2O2S. The monoisotopic (exact) mass is 314 g/mol. The predicted molar refractivity (Wildman–Crippen MR) is 80.6 cm³/mol. The van der Waals surface area contributed by atoms with Gasteiger partial charge in [-0.1, -0.05) is 32.8 Å². The van der Waals surface area contributed by atoms with E-state index in [1.165, 1.54) is 12.1 Å². The fourth-order valence-corrected chi connectivity index (χ4v) is 4.35. The third-order valence-electron chi connectivity index (χ3n) is 4.33. The molecule has 0 aromatic heterocycles. The summed E-state index contributed by atoms with van der Waals surface area (Å²) in [7, 11) is -3.85. The summed E-state index contributed by atoms with van der Waals surface area (Å²) < 4.78 is 41.5. The molecule has 1 atom stereocenters. The molecule has 0 bridgehead atoms. The van der Waals surface area contributed by atoms with Crippen LogP contribution in [0.25, 0.3) is 0 Å². The van der Waals surface area contributed by atoms with Crippen molar-refractivity contribution in [3.63, 3.8) is 0 Å². The number of rotatable bonds is 4. The van der Waals surface area contributed by atoms with Crippen molar-refractivity contribution in [2.75, 3.05) is 0 Å². The zero-order chi connectivity index (χ0) is 15.7. The van der Waals surface area contributed by atoms with E-state index < -0.39 is 15.8 Å². The quantitative estimate of drug-likeness (QED) is 0.897. The lowest BCUT2D eigenvalue weighted by atomic mass is 9.74. The van der Waals surface area contributed by atoms with Crippen LogP contribution in [0.5, 0.6) is 0 Å². The van der Waals surface area contributed by atoms with Crippen LogP contribution in [0.1, 0.15) is 45.1 Å². The Balaban J connectivity index is 2.26. The molecule has 118 valence electrons. The second-order valence-corrected chi connectivity index (χ2v) is 8.06. The van der Waals surface area contributed by atoms with Crippen molar-refractivity contribution in [1.29, 1.82) is 0 Å². The van der Waals surface area contributed by atoms with E-state index in [2.05, 4.69) is 4.72 Å².